The van der Waals surface area contributed by atoms with Gasteiger partial charge in [-0.2, -0.15) is 9.36 Å². The van der Waals surface area contributed by atoms with E-state index in [2.05, 4.69) is 20.0 Å². The van der Waals surface area contributed by atoms with Crippen LogP contribution in [0.1, 0.15) is 12.8 Å². The molecule has 1 aliphatic carbocycles. The topological polar surface area (TPSA) is 93.2 Å². The van der Waals surface area contributed by atoms with Gasteiger partial charge in [-0.1, -0.05) is 36.4 Å². The lowest BCUT2D eigenvalue weighted by molar-refractivity contribution is -0.118. The molecule has 1 aromatic heterocycles. The van der Waals surface area contributed by atoms with Crippen LogP contribution in [0.5, 0.6) is 5.75 Å². The van der Waals surface area contributed by atoms with Crippen molar-refractivity contribution in [3.8, 4) is 17.1 Å². The summed E-state index contributed by atoms with van der Waals surface area (Å²) in [5, 5.41) is 5.95. The summed E-state index contributed by atoms with van der Waals surface area (Å²) in [5.74, 6) is 0.901. The minimum Gasteiger partial charge on any atom is -0.484 e. The van der Waals surface area contributed by atoms with E-state index in [9.17, 15) is 9.59 Å². The third-order valence-electron chi connectivity index (χ3n) is 4.12. The zero-order chi connectivity index (χ0) is 19.3. The van der Waals surface area contributed by atoms with Gasteiger partial charge in [-0.3, -0.25) is 14.9 Å². The molecule has 0 unspecified atom stereocenters. The Morgan fingerprint density at radius 3 is 2.68 bits per heavy atom. The number of aromatic nitrogens is 2. The molecule has 1 saturated carbocycles. The third kappa shape index (κ3) is 4.72. The van der Waals surface area contributed by atoms with Gasteiger partial charge in [0.25, 0.3) is 5.91 Å². The molecule has 0 saturated heterocycles. The molecule has 0 spiro atoms. The molecule has 0 radical (unpaired) electrons. The predicted molar refractivity (Wildman–Crippen MR) is 107 cm³/mol. The van der Waals surface area contributed by atoms with E-state index in [4.69, 9.17) is 4.74 Å². The van der Waals surface area contributed by atoms with Gasteiger partial charge in [-0.05, 0) is 25.0 Å². The number of hydrogen-bond acceptors (Lipinski definition) is 6. The fourth-order valence-corrected chi connectivity index (χ4v) is 3.14. The summed E-state index contributed by atoms with van der Waals surface area (Å²) < 4.78 is 9.77. The van der Waals surface area contributed by atoms with Crippen LogP contribution in [0, 0.1) is 5.92 Å². The zero-order valence-corrected chi connectivity index (χ0v) is 15.7. The first-order valence-electron chi connectivity index (χ1n) is 8.90. The second-order valence-electron chi connectivity index (χ2n) is 6.42. The molecule has 2 N–H and O–H groups in total. The minimum atomic E-state index is -0.330. The SMILES string of the molecule is O=C(COc1cccc(NC(=O)C2CC2)c1)Nc1nc(-c2ccccc2)ns1. The van der Waals surface area contributed by atoms with Gasteiger partial charge in [0.05, 0.1) is 0 Å². The lowest BCUT2D eigenvalue weighted by atomic mass is 10.2. The number of carbonyl (C=O) groups excluding carboxylic acids is 2. The van der Waals surface area contributed by atoms with E-state index in [0.29, 0.717) is 22.4 Å². The molecule has 1 heterocycles. The van der Waals surface area contributed by atoms with E-state index in [-0.39, 0.29) is 24.3 Å². The molecule has 1 aliphatic rings. The third-order valence-corrected chi connectivity index (χ3v) is 4.75. The van der Waals surface area contributed by atoms with Gasteiger partial charge in [-0.15, -0.1) is 0 Å². The van der Waals surface area contributed by atoms with Crippen LogP contribution in [-0.4, -0.2) is 27.8 Å². The molecule has 4 rings (SSSR count). The maximum atomic E-state index is 12.1. The summed E-state index contributed by atoms with van der Waals surface area (Å²) in [7, 11) is 0. The highest BCUT2D eigenvalue weighted by atomic mass is 32.1. The number of nitrogens with one attached hydrogen (secondary N) is 2. The van der Waals surface area contributed by atoms with Crippen molar-refractivity contribution in [2.24, 2.45) is 5.92 Å². The Labute approximate surface area is 165 Å². The van der Waals surface area contributed by atoms with Crippen molar-refractivity contribution < 1.29 is 14.3 Å². The Kier molecular flexibility index (Phi) is 5.29. The van der Waals surface area contributed by atoms with Gasteiger partial charge >= 0.3 is 0 Å². The molecule has 2 aromatic carbocycles. The lowest BCUT2D eigenvalue weighted by Crippen LogP contribution is -2.20. The number of anilines is 2. The average molecular weight is 394 g/mol. The molecule has 142 valence electrons. The monoisotopic (exact) mass is 394 g/mol. The molecule has 0 aliphatic heterocycles. The first kappa shape index (κ1) is 18.1. The molecule has 28 heavy (non-hydrogen) atoms. The van der Waals surface area contributed by atoms with Gasteiger partial charge in [0, 0.05) is 34.8 Å². The Hall–Kier alpha value is -3.26. The fourth-order valence-electron chi connectivity index (χ4n) is 2.54. The van der Waals surface area contributed by atoms with E-state index in [1.165, 1.54) is 0 Å². The zero-order valence-electron chi connectivity index (χ0n) is 14.9. The minimum absolute atomic E-state index is 0.0281. The highest BCUT2D eigenvalue weighted by Crippen LogP contribution is 2.30. The molecule has 7 nitrogen and oxygen atoms in total. The van der Waals surface area contributed by atoms with Crippen molar-refractivity contribution >= 4 is 34.2 Å². The summed E-state index contributed by atoms with van der Waals surface area (Å²) >= 11 is 1.12. The molecule has 2 amide bonds. The number of benzene rings is 2. The summed E-state index contributed by atoms with van der Waals surface area (Å²) in [6, 6.07) is 16.5. The van der Waals surface area contributed by atoms with E-state index in [0.717, 1.165) is 29.9 Å². The second-order valence-corrected chi connectivity index (χ2v) is 7.17. The van der Waals surface area contributed by atoms with Crippen molar-refractivity contribution in [3.05, 3.63) is 54.6 Å². The van der Waals surface area contributed by atoms with Crippen molar-refractivity contribution in [1.29, 1.82) is 0 Å². The summed E-state index contributed by atoms with van der Waals surface area (Å²) in [5.41, 5.74) is 1.55. The second kappa shape index (κ2) is 8.18. The number of ether oxygens (including phenoxy) is 1. The van der Waals surface area contributed by atoms with Crippen LogP contribution < -0.4 is 15.4 Å². The number of rotatable bonds is 7. The standard InChI is InChI=1S/C20H18N4O3S/c25-17(22-20-23-18(24-28-20)13-5-2-1-3-6-13)12-27-16-8-4-7-15(11-16)21-19(26)14-9-10-14/h1-8,11,14H,9-10,12H2,(H,21,26)(H,22,23,24,25). The molecule has 0 atom stereocenters. The smallest absolute Gasteiger partial charge is 0.264 e. The van der Waals surface area contributed by atoms with Gasteiger partial charge in [0.2, 0.25) is 11.0 Å². The van der Waals surface area contributed by atoms with Crippen LogP contribution in [-0.2, 0) is 9.59 Å². The van der Waals surface area contributed by atoms with Crippen LogP contribution in [0.4, 0.5) is 10.8 Å². The van der Waals surface area contributed by atoms with Crippen LogP contribution in [0.2, 0.25) is 0 Å². The van der Waals surface area contributed by atoms with Crippen LogP contribution >= 0.6 is 11.5 Å². The van der Waals surface area contributed by atoms with Crippen molar-refractivity contribution in [2.75, 3.05) is 17.2 Å². The normalized spacial score (nSPS) is 13.0. The van der Waals surface area contributed by atoms with E-state index in [1.807, 2.05) is 30.3 Å². The number of hydrogen-bond donors (Lipinski definition) is 2. The quantitative estimate of drug-likeness (QED) is 0.639. The Balaban J connectivity index is 1.30. The summed E-state index contributed by atoms with van der Waals surface area (Å²) in [4.78, 5) is 28.3. The van der Waals surface area contributed by atoms with E-state index in [1.54, 1.807) is 24.3 Å². The van der Waals surface area contributed by atoms with E-state index < -0.39 is 0 Å². The van der Waals surface area contributed by atoms with Gasteiger partial charge in [-0.25, -0.2) is 0 Å². The highest BCUT2D eigenvalue weighted by Gasteiger charge is 2.29. The van der Waals surface area contributed by atoms with Crippen LogP contribution in [0.25, 0.3) is 11.4 Å². The Morgan fingerprint density at radius 1 is 1.07 bits per heavy atom. The maximum absolute atomic E-state index is 12.1. The molecule has 1 fully saturated rings. The van der Waals surface area contributed by atoms with Gasteiger partial charge < -0.3 is 10.1 Å². The molecule has 3 aromatic rings. The Bertz CT molecular complexity index is 986. The Morgan fingerprint density at radius 2 is 1.89 bits per heavy atom. The van der Waals surface area contributed by atoms with Gasteiger partial charge in [0.15, 0.2) is 12.4 Å². The van der Waals surface area contributed by atoms with E-state index >= 15 is 0 Å². The molecular weight excluding hydrogens is 376 g/mol. The van der Waals surface area contributed by atoms with Crippen LogP contribution in [0.15, 0.2) is 54.6 Å². The fraction of sp³-hybridized carbons (Fsp3) is 0.200. The number of nitrogens with zero attached hydrogens (tertiary/aromatic N) is 2. The molecule has 0 bridgehead atoms. The maximum Gasteiger partial charge on any atom is 0.264 e. The number of amides is 2. The average Bonchev–Trinajstić information content (AvgIpc) is 3.47. The van der Waals surface area contributed by atoms with Gasteiger partial charge in [0.1, 0.15) is 5.75 Å². The van der Waals surface area contributed by atoms with Crippen molar-refractivity contribution in [3.63, 3.8) is 0 Å². The predicted octanol–water partition coefficient (Wildman–Crippen LogP) is 3.57. The highest BCUT2D eigenvalue weighted by molar-refractivity contribution is 7.10. The van der Waals surface area contributed by atoms with Crippen molar-refractivity contribution in [2.45, 2.75) is 12.8 Å². The largest absolute Gasteiger partial charge is 0.484 e. The first-order chi connectivity index (χ1) is 13.7. The summed E-state index contributed by atoms with van der Waals surface area (Å²) in [6.07, 6.45) is 1.89. The molecular formula is C20H18N4O3S. The summed E-state index contributed by atoms with van der Waals surface area (Å²) in [6.45, 7) is -0.166. The van der Waals surface area contributed by atoms with Crippen LogP contribution in [0.3, 0.4) is 0 Å². The lowest BCUT2D eigenvalue weighted by Gasteiger charge is -2.08. The number of carbonyl (C=O) groups is 2. The molecule has 8 heteroatoms. The van der Waals surface area contributed by atoms with Crippen molar-refractivity contribution in [1.82, 2.24) is 9.36 Å². The first-order valence-corrected chi connectivity index (χ1v) is 9.67.